The summed E-state index contributed by atoms with van der Waals surface area (Å²) < 4.78 is 0. The number of carbonyl (C=O) groups is 1. The Morgan fingerprint density at radius 2 is 1.41 bits per heavy atom. The van der Waals surface area contributed by atoms with Gasteiger partial charge in [0.1, 0.15) is 0 Å². The van der Waals surface area contributed by atoms with Gasteiger partial charge in [0, 0.05) is 19.0 Å². The van der Waals surface area contributed by atoms with E-state index in [-0.39, 0.29) is 16.7 Å². The maximum Gasteiger partial charge on any atom is 0.226 e. The molecule has 17 heavy (non-hydrogen) atoms. The van der Waals surface area contributed by atoms with Crippen molar-refractivity contribution in [3.63, 3.8) is 0 Å². The second-order valence-electron chi connectivity index (χ2n) is 7.19. The number of rotatable bonds is 4. The topological polar surface area (TPSA) is 20.3 Å². The van der Waals surface area contributed by atoms with Crippen LogP contribution in [0.15, 0.2) is 0 Å². The van der Waals surface area contributed by atoms with Crippen LogP contribution in [0.5, 0.6) is 0 Å². The molecule has 2 heteroatoms. The van der Waals surface area contributed by atoms with Gasteiger partial charge in [-0.15, -0.1) is 0 Å². The monoisotopic (exact) mass is 241 g/mol. The highest BCUT2D eigenvalue weighted by Gasteiger charge is 2.36. The summed E-state index contributed by atoms with van der Waals surface area (Å²) in [5.41, 5.74) is 0.230. The molecule has 0 saturated heterocycles. The van der Waals surface area contributed by atoms with Crippen LogP contribution in [-0.4, -0.2) is 23.9 Å². The molecule has 0 aliphatic rings. The Balaban J connectivity index is 5.00. The molecule has 0 fully saturated rings. The summed E-state index contributed by atoms with van der Waals surface area (Å²) in [7, 11) is 0. The van der Waals surface area contributed by atoms with E-state index >= 15 is 0 Å². The fourth-order valence-electron chi connectivity index (χ4n) is 2.13. The molecule has 0 rings (SSSR count). The SMILES string of the molecule is CCN(CC)C(=O)C(CC(C)(C)C)C(C)(C)C. The van der Waals surface area contributed by atoms with Crippen molar-refractivity contribution in [2.45, 2.75) is 61.8 Å². The van der Waals surface area contributed by atoms with E-state index in [0.717, 1.165) is 19.5 Å². The zero-order valence-corrected chi connectivity index (χ0v) is 13.1. The highest BCUT2D eigenvalue weighted by Crippen LogP contribution is 2.37. The fourth-order valence-corrected chi connectivity index (χ4v) is 2.13. The lowest BCUT2D eigenvalue weighted by Gasteiger charge is -2.37. The molecule has 102 valence electrons. The second kappa shape index (κ2) is 5.88. The first-order valence-corrected chi connectivity index (χ1v) is 6.81. The normalized spacial score (nSPS) is 14.6. The Hall–Kier alpha value is -0.530. The average Bonchev–Trinajstić information content (AvgIpc) is 2.13. The van der Waals surface area contributed by atoms with Crippen LogP contribution in [0.4, 0.5) is 0 Å². The van der Waals surface area contributed by atoms with Crippen molar-refractivity contribution >= 4 is 5.91 Å². The maximum atomic E-state index is 12.6. The van der Waals surface area contributed by atoms with Crippen molar-refractivity contribution in [1.29, 1.82) is 0 Å². The van der Waals surface area contributed by atoms with E-state index in [1.54, 1.807) is 0 Å². The van der Waals surface area contributed by atoms with Crippen LogP contribution in [0.25, 0.3) is 0 Å². The zero-order valence-electron chi connectivity index (χ0n) is 13.1. The molecule has 0 radical (unpaired) electrons. The van der Waals surface area contributed by atoms with Crippen molar-refractivity contribution in [1.82, 2.24) is 4.90 Å². The van der Waals surface area contributed by atoms with Crippen LogP contribution in [0.1, 0.15) is 61.8 Å². The van der Waals surface area contributed by atoms with Gasteiger partial charge in [-0.05, 0) is 31.1 Å². The Kier molecular flexibility index (Phi) is 5.70. The summed E-state index contributed by atoms with van der Waals surface area (Å²) in [6.45, 7) is 18.9. The van der Waals surface area contributed by atoms with Gasteiger partial charge in [0.05, 0.1) is 0 Å². The molecule has 0 spiro atoms. The van der Waals surface area contributed by atoms with Crippen LogP contribution in [-0.2, 0) is 4.79 Å². The van der Waals surface area contributed by atoms with Gasteiger partial charge in [-0.1, -0.05) is 41.5 Å². The van der Waals surface area contributed by atoms with Crippen molar-refractivity contribution in [3.05, 3.63) is 0 Å². The summed E-state index contributed by atoms with van der Waals surface area (Å²) in [5, 5.41) is 0. The Morgan fingerprint density at radius 1 is 1.00 bits per heavy atom. The number of carbonyl (C=O) groups excluding carboxylic acids is 1. The molecule has 0 aromatic rings. The minimum Gasteiger partial charge on any atom is -0.343 e. The average molecular weight is 241 g/mol. The third-order valence-electron chi connectivity index (χ3n) is 3.24. The lowest BCUT2D eigenvalue weighted by molar-refractivity contribution is -0.140. The lowest BCUT2D eigenvalue weighted by atomic mass is 9.71. The maximum absolute atomic E-state index is 12.6. The molecule has 1 atom stereocenters. The lowest BCUT2D eigenvalue weighted by Crippen LogP contribution is -2.42. The van der Waals surface area contributed by atoms with Gasteiger partial charge in [-0.25, -0.2) is 0 Å². The first-order valence-electron chi connectivity index (χ1n) is 6.81. The van der Waals surface area contributed by atoms with Gasteiger partial charge in [-0.2, -0.15) is 0 Å². The summed E-state index contributed by atoms with van der Waals surface area (Å²) in [4.78, 5) is 14.5. The summed E-state index contributed by atoms with van der Waals surface area (Å²) >= 11 is 0. The molecule has 2 nitrogen and oxygen atoms in total. The van der Waals surface area contributed by atoms with E-state index in [9.17, 15) is 4.79 Å². The highest BCUT2D eigenvalue weighted by atomic mass is 16.2. The molecule has 0 bridgehead atoms. The quantitative estimate of drug-likeness (QED) is 0.729. The first-order chi connectivity index (χ1) is 7.53. The molecule has 0 aromatic heterocycles. The van der Waals surface area contributed by atoms with Crippen LogP contribution in [0, 0.1) is 16.7 Å². The molecule has 0 aromatic carbocycles. The van der Waals surface area contributed by atoms with Gasteiger partial charge < -0.3 is 4.90 Å². The number of hydrogen-bond acceptors (Lipinski definition) is 1. The predicted octanol–water partition coefficient (Wildman–Crippen LogP) is 3.95. The van der Waals surface area contributed by atoms with E-state index in [1.807, 2.05) is 4.90 Å². The Labute approximate surface area is 108 Å². The van der Waals surface area contributed by atoms with Crippen molar-refractivity contribution in [3.8, 4) is 0 Å². The van der Waals surface area contributed by atoms with Gasteiger partial charge in [0.25, 0.3) is 0 Å². The fraction of sp³-hybridized carbons (Fsp3) is 0.933. The molecule has 0 heterocycles. The molecule has 0 saturated carbocycles. The molecule has 1 unspecified atom stereocenters. The third kappa shape index (κ3) is 5.56. The number of hydrogen-bond donors (Lipinski definition) is 0. The smallest absolute Gasteiger partial charge is 0.226 e. The molecular formula is C15H31NO. The van der Waals surface area contributed by atoms with E-state index in [2.05, 4.69) is 55.4 Å². The molecule has 0 aliphatic heterocycles. The number of nitrogens with zero attached hydrogens (tertiary/aromatic N) is 1. The summed E-state index contributed by atoms with van der Waals surface area (Å²) in [6.07, 6.45) is 0.950. The van der Waals surface area contributed by atoms with Crippen molar-refractivity contribution < 1.29 is 4.79 Å². The van der Waals surface area contributed by atoms with Crippen molar-refractivity contribution in [2.24, 2.45) is 16.7 Å². The minimum atomic E-state index is 0.0347. The molecular weight excluding hydrogens is 210 g/mol. The van der Waals surface area contributed by atoms with Crippen LogP contribution >= 0.6 is 0 Å². The second-order valence-corrected chi connectivity index (χ2v) is 7.19. The molecule has 1 amide bonds. The van der Waals surface area contributed by atoms with Gasteiger partial charge in [0.2, 0.25) is 5.91 Å². The Morgan fingerprint density at radius 3 is 1.65 bits per heavy atom. The van der Waals surface area contributed by atoms with Gasteiger partial charge >= 0.3 is 0 Å². The minimum absolute atomic E-state index is 0.0347. The van der Waals surface area contributed by atoms with E-state index in [0.29, 0.717) is 5.91 Å². The first kappa shape index (κ1) is 16.5. The zero-order chi connectivity index (χ0) is 13.9. The van der Waals surface area contributed by atoms with Crippen molar-refractivity contribution in [2.75, 3.05) is 13.1 Å². The van der Waals surface area contributed by atoms with Crippen LogP contribution < -0.4 is 0 Å². The molecule has 0 N–H and O–H groups in total. The van der Waals surface area contributed by atoms with Crippen LogP contribution in [0.2, 0.25) is 0 Å². The third-order valence-corrected chi connectivity index (χ3v) is 3.24. The van der Waals surface area contributed by atoms with E-state index in [4.69, 9.17) is 0 Å². The largest absolute Gasteiger partial charge is 0.343 e. The van der Waals surface area contributed by atoms with E-state index < -0.39 is 0 Å². The predicted molar refractivity (Wildman–Crippen MR) is 74.9 cm³/mol. The summed E-state index contributed by atoms with van der Waals surface area (Å²) in [6, 6.07) is 0. The van der Waals surface area contributed by atoms with E-state index in [1.165, 1.54) is 0 Å². The standard InChI is InChI=1S/C15H31NO/c1-9-16(10-2)13(17)12(15(6,7)8)11-14(3,4)5/h12H,9-11H2,1-8H3. The number of amides is 1. The molecule has 0 aliphatic carbocycles. The Bertz CT molecular complexity index is 241. The van der Waals surface area contributed by atoms with Gasteiger partial charge in [0.15, 0.2) is 0 Å². The highest BCUT2D eigenvalue weighted by molar-refractivity contribution is 5.79. The van der Waals surface area contributed by atoms with Gasteiger partial charge in [-0.3, -0.25) is 4.79 Å². The summed E-state index contributed by atoms with van der Waals surface area (Å²) in [5.74, 6) is 0.430. The van der Waals surface area contributed by atoms with Crippen LogP contribution in [0.3, 0.4) is 0 Å².